The number of aromatic nitrogens is 1. The lowest BCUT2D eigenvalue weighted by Gasteiger charge is -2.28. The molecule has 2 amide bonds. The molecule has 2 heterocycles. The van der Waals surface area contributed by atoms with Gasteiger partial charge < -0.3 is 15.2 Å². The van der Waals surface area contributed by atoms with Crippen molar-refractivity contribution >= 4 is 29.1 Å². The van der Waals surface area contributed by atoms with Gasteiger partial charge >= 0.3 is 6.18 Å². The number of benzene rings is 2. The van der Waals surface area contributed by atoms with Crippen LogP contribution in [-0.2, 0) is 17.5 Å². The van der Waals surface area contributed by atoms with Gasteiger partial charge in [0.1, 0.15) is 29.9 Å². The standard InChI is InChI=1S/C22H12ClF5N4O2/c23-16-2-1-12(24)6-15(16)19-20-17(7-14(8-29)32(20)9-18(33)31-19)30-21(34)10-3-11(22(26,27)28)5-13(25)4-10/h1-7,19H,9H2,(H,30,34)(H,31,33)/t19-/m0/s1. The highest BCUT2D eigenvalue weighted by Crippen LogP contribution is 2.37. The Bertz CT molecular complexity index is 1380. The van der Waals surface area contributed by atoms with Crippen molar-refractivity contribution in [3.8, 4) is 6.07 Å². The monoisotopic (exact) mass is 494 g/mol. The number of nitrogens with one attached hydrogen (secondary N) is 2. The second-order valence-corrected chi connectivity index (χ2v) is 7.78. The predicted octanol–water partition coefficient (Wildman–Crippen LogP) is 4.78. The second-order valence-electron chi connectivity index (χ2n) is 7.37. The van der Waals surface area contributed by atoms with Gasteiger partial charge in [-0.15, -0.1) is 0 Å². The van der Waals surface area contributed by atoms with Gasteiger partial charge in [0, 0.05) is 16.1 Å². The fourth-order valence-corrected chi connectivity index (χ4v) is 3.92. The van der Waals surface area contributed by atoms with Gasteiger partial charge in [0.15, 0.2) is 0 Å². The normalized spacial score (nSPS) is 15.3. The highest BCUT2D eigenvalue weighted by molar-refractivity contribution is 6.31. The third kappa shape index (κ3) is 4.32. The lowest BCUT2D eigenvalue weighted by molar-refractivity contribution is -0.137. The summed E-state index contributed by atoms with van der Waals surface area (Å²) in [6, 6.07) is 6.75. The minimum atomic E-state index is -4.88. The Labute approximate surface area is 193 Å². The van der Waals surface area contributed by atoms with Crippen molar-refractivity contribution in [1.82, 2.24) is 9.88 Å². The van der Waals surface area contributed by atoms with E-state index in [1.807, 2.05) is 6.07 Å². The van der Waals surface area contributed by atoms with Crippen LogP contribution in [0.4, 0.5) is 27.6 Å². The Morgan fingerprint density at radius 1 is 1.15 bits per heavy atom. The third-order valence-corrected chi connectivity index (χ3v) is 5.48. The summed E-state index contributed by atoms with van der Waals surface area (Å²) in [6.45, 7) is -0.310. The molecule has 1 aliphatic rings. The van der Waals surface area contributed by atoms with Gasteiger partial charge in [0.2, 0.25) is 5.91 Å². The van der Waals surface area contributed by atoms with Crippen LogP contribution < -0.4 is 10.6 Å². The number of fused-ring (bicyclic) bond motifs is 1. The molecule has 3 aromatic rings. The highest BCUT2D eigenvalue weighted by Gasteiger charge is 2.34. The minimum absolute atomic E-state index is 0.0482. The molecule has 0 unspecified atom stereocenters. The van der Waals surface area contributed by atoms with Crippen LogP contribution >= 0.6 is 11.6 Å². The Hall–Kier alpha value is -3.91. The molecule has 1 aliphatic heterocycles. The van der Waals surface area contributed by atoms with Crippen LogP contribution in [-0.4, -0.2) is 16.4 Å². The molecule has 12 heteroatoms. The molecule has 174 valence electrons. The summed E-state index contributed by atoms with van der Waals surface area (Å²) >= 11 is 6.19. The minimum Gasteiger partial charge on any atom is -0.342 e. The molecular formula is C22H12ClF5N4O2. The number of halogens is 6. The number of nitriles is 1. The van der Waals surface area contributed by atoms with Gasteiger partial charge in [-0.05, 0) is 42.5 Å². The number of hydrogen-bond donors (Lipinski definition) is 2. The summed E-state index contributed by atoms with van der Waals surface area (Å²) < 4.78 is 68.1. The molecule has 2 aromatic carbocycles. The predicted molar refractivity (Wildman–Crippen MR) is 110 cm³/mol. The number of anilines is 1. The molecule has 1 aromatic heterocycles. The topological polar surface area (TPSA) is 86.9 Å². The Morgan fingerprint density at radius 3 is 2.56 bits per heavy atom. The van der Waals surface area contributed by atoms with Crippen molar-refractivity contribution in [3.05, 3.63) is 87.2 Å². The zero-order valence-electron chi connectivity index (χ0n) is 16.8. The van der Waals surface area contributed by atoms with Crippen LogP contribution in [0.3, 0.4) is 0 Å². The number of carbonyl (C=O) groups is 2. The molecule has 6 nitrogen and oxygen atoms in total. The smallest absolute Gasteiger partial charge is 0.342 e. The van der Waals surface area contributed by atoms with Crippen LogP contribution in [0.15, 0.2) is 42.5 Å². The molecular weight excluding hydrogens is 483 g/mol. The second kappa shape index (κ2) is 8.46. The lowest BCUT2D eigenvalue weighted by atomic mass is 10.0. The van der Waals surface area contributed by atoms with Crippen molar-refractivity contribution in [2.75, 3.05) is 5.32 Å². The van der Waals surface area contributed by atoms with E-state index in [-0.39, 0.29) is 40.3 Å². The molecule has 0 radical (unpaired) electrons. The summed E-state index contributed by atoms with van der Waals surface area (Å²) in [6.07, 6.45) is -4.88. The van der Waals surface area contributed by atoms with Crippen LogP contribution in [0.2, 0.25) is 5.02 Å². The van der Waals surface area contributed by atoms with Crippen LogP contribution in [0.25, 0.3) is 0 Å². The maximum absolute atomic E-state index is 13.9. The summed E-state index contributed by atoms with van der Waals surface area (Å²) in [5, 5.41) is 14.5. The highest BCUT2D eigenvalue weighted by atomic mass is 35.5. The third-order valence-electron chi connectivity index (χ3n) is 5.14. The number of hydrogen-bond acceptors (Lipinski definition) is 3. The molecule has 0 saturated heterocycles. The van der Waals surface area contributed by atoms with E-state index in [1.165, 1.54) is 16.7 Å². The maximum Gasteiger partial charge on any atom is 0.416 e. The van der Waals surface area contributed by atoms with Gasteiger partial charge in [-0.2, -0.15) is 18.4 Å². The molecule has 0 spiro atoms. The molecule has 0 aliphatic carbocycles. The molecule has 0 saturated carbocycles. The molecule has 4 rings (SSSR count). The maximum atomic E-state index is 13.9. The first-order chi connectivity index (χ1) is 16.0. The molecule has 0 bridgehead atoms. The Morgan fingerprint density at radius 2 is 1.88 bits per heavy atom. The quantitative estimate of drug-likeness (QED) is 0.514. The summed E-state index contributed by atoms with van der Waals surface area (Å²) in [5.74, 6) is -3.55. The number of alkyl halides is 3. The number of rotatable bonds is 3. The van der Waals surface area contributed by atoms with Crippen molar-refractivity contribution < 1.29 is 31.5 Å². The van der Waals surface area contributed by atoms with E-state index >= 15 is 0 Å². The SMILES string of the molecule is N#Cc1cc(NC(=O)c2cc(F)cc(C(F)(F)F)c2)c2n1CC(=O)N[C@H]2c1cc(F)ccc1Cl. The fourth-order valence-electron chi connectivity index (χ4n) is 3.70. The number of nitrogens with zero attached hydrogens (tertiary/aromatic N) is 2. The van der Waals surface area contributed by atoms with Gasteiger partial charge in [-0.25, -0.2) is 8.78 Å². The van der Waals surface area contributed by atoms with Crippen LogP contribution in [0.5, 0.6) is 0 Å². The summed E-state index contributed by atoms with van der Waals surface area (Å²) in [4.78, 5) is 25.0. The van der Waals surface area contributed by atoms with Crippen molar-refractivity contribution in [2.45, 2.75) is 18.8 Å². The average molecular weight is 495 g/mol. The largest absolute Gasteiger partial charge is 0.416 e. The van der Waals surface area contributed by atoms with Gasteiger partial charge in [0.05, 0.1) is 23.0 Å². The Kier molecular flexibility index (Phi) is 5.79. The number of amides is 2. The van der Waals surface area contributed by atoms with Gasteiger partial charge in [-0.1, -0.05) is 11.6 Å². The van der Waals surface area contributed by atoms with Crippen LogP contribution in [0.1, 0.15) is 38.9 Å². The van der Waals surface area contributed by atoms with Crippen molar-refractivity contribution in [2.24, 2.45) is 0 Å². The average Bonchev–Trinajstić information content (AvgIpc) is 3.11. The van der Waals surface area contributed by atoms with Crippen molar-refractivity contribution in [3.63, 3.8) is 0 Å². The first-order valence-electron chi connectivity index (χ1n) is 9.55. The molecule has 34 heavy (non-hydrogen) atoms. The summed E-state index contributed by atoms with van der Waals surface area (Å²) in [7, 11) is 0. The molecule has 1 atom stereocenters. The van der Waals surface area contributed by atoms with E-state index in [2.05, 4.69) is 10.6 Å². The zero-order valence-corrected chi connectivity index (χ0v) is 17.6. The molecule has 2 N–H and O–H groups in total. The lowest BCUT2D eigenvalue weighted by Crippen LogP contribution is -2.39. The van der Waals surface area contributed by atoms with E-state index in [0.717, 1.165) is 12.1 Å². The van der Waals surface area contributed by atoms with Crippen molar-refractivity contribution in [1.29, 1.82) is 5.26 Å². The van der Waals surface area contributed by atoms with E-state index in [4.69, 9.17) is 11.6 Å². The fraction of sp³-hybridized carbons (Fsp3) is 0.136. The Balaban J connectivity index is 1.80. The van der Waals surface area contributed by atoms with E-state index in [9.17, 15) is 36.8 Å². The number of carbonyl (C=O) groups excluding carboxylic acids is 2. The first-order valence-corrected chi connectivity index (χ1v) is 9.92. The van der Waals surface area contributed by atoms with E-state index < -0.39 is 46.8 Å². The summed E-state index contributed by atoms with van der Waals surface area (Å²) in [5.41, 5.74) is -1.81. The zero-order chi connectivity index (χ0) is 24.8. The van der Waals surface area contributed by atoms with E-state index in [0.29, 0.717) is 12.1 Å². The van der Waals surface area contributed by atoms with E-state index in [1.54, 1.807) is 0 Å². The first kappa shape index (κ1) is 23.3. The van der Waals surface area contributed by atoms with Crippen LogP contribution in [0, 0.1) is 23.0 Å². The van der Waals surface area contributed by atoms with Gasteiger partial charge in [0.25, 0.3) is 5.91 Å². The van der Waals surface area contributed by atoms with Gasteiger partial charge in [-0.3, -0.25) is 9.59 Å². The molecule has 0 fully saturated rings.